The van der Waals surface area contributed by atoms with Crippen molar-refractivity contribution in [2.24, 2.45) is 17.3 Å². The third-order valence-corrected chi connectivity index (χ3v) is 13.7. The number of rotatable bonds is 7. The SMILES string of the molecule is C=C[C@@H]1C[C@]1(NC(=O)[C@@H]1C[C@@H]2CN1C(=O)[C@H](C1CCCCC1)NC(=O)OCC(C)(C)C/C=C/c1cccc3c1CN(C3)C(=O)O2)C(=O)NS(=O)(=O)C1CC1. The molecule has 3 aliphatic carbocycles. The number of allylic oxidation sites excluding steroid dienone is 1. The van der Waals surface area contributed by atoms with Crippen molar-refractivity contribution in [3.63, 3.8) is 0 Å². The van der Waals surface area contributed by atoms with Crippen molar-refractivity contribution in [2.75, 3.05) is 13.2 Å². The largest absolute Gasteiger partial charge is 0.449 e. The molecule has 0 radical (unpaired) electrons. The summed E-state index contributed by atoms with van der Waals surface area (Å²) in [5.41, 5.74) is 0.974. The lowest BCUT2D eigenvalue weighted by molar-refractivity contribution is -0.142. The quantitative estimate of drug-likeness (QED) is 0.347. The topological polar surface area (TPSA) is 181 Å². The number of amides is 5. The summed E-state index contributed by atoms with van der Waals surface area (Å²) in [4.78, 5) is 72.5. The van der Waals surface area contributed by atoms with E-state index < -0.39 is 80.2 Å². The summed E-state index contributed by atoms with van der Waals surface area (Å²) in [5.74, 6) is -2.81. The van der Waals surface area contributed by atoms with E-state index in [1.54, 1.807) is 4.90 Å². The second-order valence-corrected chi connectivity index (χ2v) is 18.6. The molecule has 1 saturated heterocycles. The Morgan fingerprint density at radius 3 is 2.52 bits per heavy atom. The van der Waals surface area contributed by atoms with Crippen LogP contribution in [-0.4, -0.2) is 90.3 Å². The van der Waals surface area contributed by atoms with E-state index in [0.29, 0.717) is 45.2 Å². The molecule has 3 heterocycles. The number of carbonyl (C=O) groups is 5. The van der Waals surface area contributed by atoms with Crippen LogP contribution in [0.5, 0.6) is 0 Å². The van der Waals surface area contributed by atoms with Gasteiger partial charge in [-0.3, -0.25) is 24.0 Å². The number of carbonyl (C=O) groups excluding carboxylic acids is 5. The highest BCUT2D eigenvalue weighted by Gasteiger charge is 2.62. The lowest BCUT2D eigenvalue weighted by Gasteiger charge is -2.35. The third kappa shape index (κ3) is 7.87. The number of cyclic esters (lactones) is 1. The Kier molecular flexibility index (Phi) is 10.3. The maximum Gasteiger partial charge on any atom is 0.410 e. The fraction of sp³-hybridized carbons (Fsp3) is 0.615. The molecule has 15 heteroatoms. The predicted octanol–water partition coefficient (Wildman–Crippen LogP) is 3.90. The van der Waals surface area contributed by atoms with Crippen molar-refractivity contribution >= 4 is 46.0 Å². The van der Waals surface area contributed by atoms with Gasteiger partial charge in [0.05, 0.1) is 24.9 Å². The number of nitrogens with zero attached hydrogens (tertiary/aromatic N) is 2. The summed E-state index contributed by atoms with van der Waals surface area (Å²) in [6.45, 7) is 8.40. The maximum absolute atomic E-state index is 14.7. The highest BCUT2D eigenvalue weighted by atomic mass is 32.2. The molecule has 292 valence electrons. The molecule has 5 amide bonds. The molecule has 7 rings (SSSR count). The van der Waals surface area contributed by atoms with Crippen LogP contribution in [0.15, 0.2) is 36.9 Å². The molecule has 0 unspecified atom stereocenters. The van der Waals surface area contributed by atoms with Crippen LogP contribution in [0.25, 0.3) is 6.08 Å². The first kappa shape index (κ1) is 37.9. The van der Waals surface area contributed by atoms with E-state index in [9.17, 15) is 32.4 Å². The first-order valence-corrected chi connectivity index (χ1v) is 20.7. The van der Waals surface area contributed by atoms with Gasteiger partial charge in [-0.1, -0.05) is 69.5 Å². The van der Waals surface area contributed by atoms with Crippen LogP contribution in [-0.2, 0) is 47.0 Å². The van der Waals surface area contributed by atoms with Gasteiger partial charge in [-0.25, -0.2) is 18.0 Å². The number of fused-ring (bicyclic) bond motifs is 3. The van der Waals surface area contributed by atoms with Crippen LogP contribution >= 0.6 is 0 Å². The van der Waals surface area contributed by atoms with Gasteiger partial charge in [0.2, 0.25) is 21.8 Å². The highest BCUT2D eigenvalue weighted by molar-refractivity contribution is 7.91. The predicted molar refractivity (Wildman–Crippen MR) is 198 cm³/mol. The standard InChI is InChI=1S/C39H51N5O9S/c1-4-27-19-39(27,35(47)42-54(50,51)29-15-16-29)41-33(45)31-18-28-21-44(31)34(46)32(25-10-6-5-7-11-25)40-36(48)52-23-38(2,3)17-9-14-24-12-8-13-26-20-43(22-30(24)26)37(49)53-28/h4,8-9,12-14,25,27-29,31-32H,1,5-7,10-11,15-23H2,2-3H3,(H,40,48)(H,41,45)(H,42,47)/b14-9+/t27-,28-,31+,32+,39-/m1/s1. The lowest BCUT2D eigenvalue weighted by Crippen LogP contribution is -2.59. The molecule has 1 aromatic rings. The van der Waals surface area contributed by atoms with Crippen molar-refractivity contribution in [1.82, 2.24) is 25.2 Å². The van der Waals surface area contributed by atoms with Crippen LogP contribution in [0.3, 0.4) is 0 Å². The molecule has 14 nitrogen and oxygen atoms in total. The normalized spacial score (nSPS) is 30.8. The van der Waals surface area contributed by atoms with Crippen molar-refractivity contribution in [1.29, 1.82) is 0 Å². The van der Waals surface area contributed by atoms with Crippen LogP contribution in [0.1, 0.15) is 94.7 Å². The van der Waals surface area contributed by atoms with Gasteiger partial charge < -0.3 is 25.0 Å². The zero-order chi connectivity index (χ0) is 38.4. The Hall–Kier alpha value is -4.40. The van der Waals surface area contributed by atoms with Crippen molar-refractivity contribution in [2.45, 2.75) is 120 Å². The van der Waals surface area contributed by atoms with Gasteiger partial charge in [0.15, 0.2) is 0 Å². The number of ether oxygens (including phenoxy) is 2. The molecule has 4 bridgehead atoms. The van der Waals surface area contributed by atoms with E-state index in [2.05, 4.69) is 21.9 Å². The Labute approximate surface area is 316 Å². The summed E-state index contributed by atoms with van der Waals surface area (Å²) in [6, 6.07) is 3.70. The zero-order valence-electron chi connectivity index (χ0n) is 31.0. The molecular weight excluding hydrogens is 715 g/mol. The van der Waals surface area contributed by atoms with E-state index in [4.69, 9.17) is 9.47 Å². The van der Waals surface area contributed by atoms with Gasteiger partial charge in [-0.2, -0.15) is 0 Å². The zero-order valence-corrected chi connectivity index (χ0v) is 31.8. The van der Waals surface area contributed by atoms with E-state index in [1.165, 1.54) is 11.0 Å². The Balaban J connectivity index is 1.18. The van der Waals surface area contributed by atoms with Gasteiger partial charge >= 0.3 is 12.2 Å². The highest BCUT2D eigenvalue weighted by Crippen LogP contribution is 2.45. The molecule has 3 saturated carbocycles. The minimum Gasteiger partial charge on any atom is -0.449 e. The van der Waals surface area contributed by atoms with Crippen LogP contribution < -0.4 is 15.4 Å². The number of hydrogen-bond donors (Lipinski definition) is 3. The first-order chi connectivity index (χ1) is 25.7. The van der Waals surface area contributed by atoms with Crippen LogP contribution in [0.2, 0.25) is 0 Å². The van der Waals surface area contributed by atoms with Crippen molar-refractivity contribution in [3.05, 3.63) is 53.6 Å². The first-order valence-electron chi connectivity index (χ1n) is 19.2. The van der Waals surface area contributed by atoms with E-state index in [-0.39, 0.29) is 31.9 Å². The minimum absolute atomic E-state index is 0.0645. The van der Waals surface area contributed by atoms with Crippen LogP contribution in [0.4, 0.5) is 9.59 Å². The van der Waals surface area contributed by atoms with E-state index in [1.807, 2.05) is 44.2 Å². The molecule has 3 N–H and O–H groups in total. The van der Waals surface area contributed by atoms with Gasteiger partial charge in [-0.05, 0) is 61.1 Å². The van der Waals surface area contributed by atoms with Crippen molar-refractivity contribution < 1.29 is 41.9 Å². The second kappa shape index (κ2) is 14.7. The van der Waals surface area contributed by atoms with Crippen molar-refractivity contribution in [3.8, 4) is 0 Å². The number of hydrogen-bond acceptors (Lipinski definition) is 9. The fourth-order valence-corrected chi connectivity index (χ4v) is 9.73. The number of alkyl carbamates (subject to hydrolysis) is 1. The third-order valence-electron chi connectivity index (χ3n) is 11.9. The molecule has 6 aliphatic rings. The van der Waals surface area contributed by atoms with Gasteiger partial charge in [0.1, 0.15) is 23.7 Å². The molecule has 54 heavy (non-hydrogen) atoms. The molecule has 0 aromatic heterocycles. The maximum atomic E-state index is 14.7. The minimum atomic E-state index is -3.91. The number of sulfonamides is 1. The monoisotopic (exact) mass is 765 g/mol. The summed E-state index contributed by atoms with van der Waals surface area (Å²) < 4.78 is 39.3. The summed E-state index contributed by atoms with van der Waals surface area (Å²) in [7, 11) is -3.91. The molecule has 5 atom stereocenters. The second-order valence-electron chi connectivity index (χ2n) is 16.6. The van der Waals surface area contributed by atoms with E-state index >= 15 is 0 Å². The molecular formula is C39H51N5O9S. The molecule has 3 aliphatic heterocycles. The average Bonchev–Trinajstić information content (AvgIpc) is 4.03. The Morgan fingerprint density at radius 2 is 1.81 bits per heavy atom. The molecule has 4 fully saturated rings. The summed E-state index contributed by atoms with van der Waals surface area (Å²) in [6.07, 6.45) is 9.05. The smallest absolute Gasteiger partial charge is 0.410 e. The van der Waals surface area contributed by atoms with Gasteiger partial charge in [0, 0.05) is 24.3 Å². The summed E-state index contributed by atoms with van der Waals surface area (Å²) in [5, 5.41) is 4.98. The molecule has 1 aromatic carbocycles. The summed E-state index contributed by atoms with van der Waals surface area (Å²) >= 11 is 0. The molecule has 0 spiro atoms. The van der Waals surface area contributed by atoms with Gasteiger partial charge in [0.25, 0.3) is 5.91 Å². The Bertz CT molecular complexity index is 1850. The van der Waals surface area contributed by atoms with Gasteiger partial charge in [-0.15, -0.1) is 6.58 Å². The lowest BCUT2D eigenvalue weighted by atomic mass is 9.83. The van der Waals surface area contributed by atoms with E-state index in [0.717, 1.165) is 36.0 Å². The Morgan fingerprint density at radius 1 is 1.06 bits per heavy atom. The number of benzene rings is 1. The average molecular weight is 766 g/mol. The van der Waals surface area contributed by atoms with Crippen LogP contribution in [0, 0.1) is 17.3 Å². The number of nitrogens with one attached hydrogen (secondary N) is 3. The fourth-order valence-electron chi connectivity index (χ4n) is 8.37.